The van der Waals surface area contributed by atoms with Crippen LogP contribution in [0.25, 0.3) is 0 Å². The van der Waals surface area contributed by atoms with Crippen LogP contribution in [0.5, 0.6) is 0 Å². The summed E-state index contributed by atoms with van der Waals surface area (Å²) in [6.45, 7) is 1.88. The molecule has 86 valence electrons. The normalized spacial score (nSPS) is 18.6. The second-order valence-electron chi connectivity index (χ2n) is 4.07. The fourth-order valence-electron chi connectivity index (χ4n) is 2.23. The highest BCUT2D eigenvalue weighted by Gasteiger charge is 2.27. The number of likely N-dealkylation sites (tertiary alicyclic amines) is 1. The predicted octanol–water partition coefficient (Wildman–Crippen LogP) is 2.25. The van der Waals surface area contributed by atoms with Gasteiger partial charge in [-0.1, -0.05) is 30.4 Å². The van der Waals surface area contributed by atoms with E-state index in [9.17, 15) is 4.39 Å². The molecule has 1 aromatic carbocycles. The Morgan fingerprint density at radius 3 is 2.50 bits per heavy atom. The Labute approximate surface area is 100 Å². The zero-order chi connectivity index (χ0) is 11.5. The number of hydrogen-bond donors (Lipinski definition) is 1. The molecule has 1 aliphatic heterocycles. The van der Waals surface area contributed by atoms with Crippen molar-refractivity contribution in [2.45, 2.75) is 18.9 Å². The van der Waals surface area contributed by atoms with Crippen LogP contribution < -0.4 is 5.73 Å². The van der Waals surface area contributed by atoms with Gasteiger partial charge in [0.15, 0.2) is 0 Å². The molecule has 2 rings (SSSR count). The second kappa shape index (κ2) is 4.89. The maximum atomic E-state index is 13.7. The lowest BCUT2D eigenvalue weighted by Crippen LogP contribution is -2.35. The molecule has 2 nitrogen and oxygen atoms in total. The quantitative estimate of drug-likeness (QED) is 0.819. The van der Waals surface area contributed by atoms with Crippen molar-refractivity contribution < 1.29 is 4.39 Å². The van der Waals surface area contributed by atoms with Gasteiger partial charge in [0.05, 0.1) is 11.0 Å². The highest BCUT2D eigenvalue weighted by Crippen LogP contribution is 2.27. The summed E-state index contributed by atoms with van der Waals surface area (Å²) in [5.41, 5.74) is 6.33. The minimum Gasteiger partial charge on any atom is -0.392 e. The summed E-state index contributed by atoms with van der Waals surface area (Å²) in [6, 6.07) is 6.46. The minimum absolute atomic E-state index is 0.229. The molecule has 0 saturated carbocycles. The van der Waals surface area contributed by atoms with Crippen LogP contribution in [0, 0.1) is 5.82 Å². The highest BCUT2D eigenvalue weighted by atomic mass is 32.1. The molecule has 4 heteroatoms. The number of rotatable bonds is 3. The van der Waals surface area contributed by atoms with Crippen LogP contribution in [-0.2, 0) is 0 Å². The van der Waals surface area contributed by atoms with Gasteiger partial charge in [-0.15, -0.1) is 0 Å². The van der Waals surface area contributed by atoms with Crippen molar-refractivity contribution in [3.8, 4) is 0 Å². The summed E-state index contributed by atoms with van der Waals surface area (Å²) in [5, 5.41) is 0. The first kappa shape index (κ1) is 11.5. The Kier molecular flexibility index (Phi) is 3.51. The van der Waals surface area contributed by atoms with Gasteiger partial charge in [0, 0.05) is 5.56 Å². The van der Waals surface area contributed by atoms with Crippen molar-refractivity contribution in [3.05, 3.63) is 35.6 Å². The van der Waals surface area contributed by atoms with Crippen LogP contribution in [0.1, 0.15) is 24.4 Å². The molecule has 16 heavy (non-hydrogen) atoms. The maximum absolute atomic E-state index is 13.7. The predicted molar refractivity (Wildman–Crippen MR) is 66.7 cm³/mol. The van der Waals surface area contributed by atoms with Crippen LogP contribution in [-0.4, -0.2) is 23.0 Å². The fraction of sp³-hybridized carbons (Fsp3) is 0.417. The van der Waals surface area contributed by atoms with Gasteiger partial charge in [-0.25, -0.2) is 4.39 Å². The Morgan fingerprint density at radius 2 is 1.94 bits per heavy atom. The third-order valence-corrected chi connectivity index (χ3v) is 3.20. The summed E-state index contributed by atoms with van der Waals surface area (Å²) in [7, 11) is 0. The number of halogens is 1. The van der Waals surface area contributed by atoms with Crippen molar-refractivity contribution in [1.82, 2.24) is 4.90 Å². The van der Waals surface area contributed by atoms with Gasteiger partial charge in [0.1, 0.15) is 5.82 Å². The van der Waals surface area contributed by atoms with E-state index in [-0.39, 0.29) is 11.9 Å². The van der Waals surface area contributed by atoms with Crippen LogP contribution in [0.3, 0.4) is 0 Å². The summed E-state index contributed by atoms with van der Waals surface area (Å²) >= 11 is 5.06. The number of benzene rings is 1. The van der Waals surface area contributed by atoms with E-state index in [0.29, 0.717) is 10.6 Å². The van der Waals surface area contributed by atoms with E-state index in [1.165, 1.54) is 6.07 Å². The number of nitrogens with two attached hydrogens (primary N) is 1. The van der Waals surface area contributed by atoms with Crippen LogP contribution in [0.15, 0.2) is 24.3 Å². The SMILES string of the molecule is NC(=S)C(c1ccccc1F)N1CCCC1. The molecule has 1 aromatic rings. The number of nitrogens with zero attached hydrogens (tertiary/aromatic N) is 1. The van der Waals surface area contributed by atoms with Gasteiger partial charge in [0.2, 0.25) is 0 Å². The van der Waals surface area contributed by atoms with Gasteiger partial charge in [0.25, 0.3) is 0 Å². The van der Waals surface area contributed by atoms with E-state index in [4.69, 9.17) is 18.0 Å². The highest BCUT2D eigenvalue weighted by molar-refractivity contribution is 7.80. The second-order valence-corrected chi connectivity index (χ2v) is 4.54. The Balaban J connectivity index is 2.32. The van der Waals surface area contributed by atoms with Crippen LogP contribution >= 0.6 is 12.2 Å². The molecule has 0 bridgehead atoms. The third-order valence-electron chi connectivity index (χ3n) is 2.98. The molecule has 1 unspecified atom stereocenters. The van der Waals surface area contributed by atoms with E-state index >= 15 is 0 Å². The molecule has 0 aliphatic carbocycles. The molecule has 0 aromatic heterocycles. The largest absolute Gasteiger partial charge is 0.392 e. The average Bonchev–Trinajstić information content (AvgIpc) is 2.74. The molecule has 0 radical (unpaired) electrons. The molecular weight excluding hydrogens is 223 g/mol. The van der Waals surface area contributed by atoms with E-state index < -0.39 is 0 Å². The Bertz CT molecular complexity index is 388. The van der Waals surface area contributed by atoms with Gasteiger partial charge in [-0.2, -0.15) is 0 Å². The lowest BCUT2D eigenvalue weighted by atomic mass is 10.1. The lowest BCUT2D eigenvalue weighted by Gasteiger charge is -2.27. The molecule has 1 aliphatic rings. The van der Waals surface area contributed by atoms with E-state index in [1.807, 2.05) is 6.07 Å². The maximum Gasteiger partial charge on any atom is 0.128 e. The summed E-state index contributed by atoms with van der Waals surface area (Å²) < 4.78 is 13.7. The van der Waals surface area contributed by atoms with Gasteiger partial charge in [-0.05, 0) is 32.0 Å². The molecule has 2 N–H and O–H groups in total. The average molecular weight is 238 g/mol. The topological polar surface area (TPSA) is 29.3 Å². The van der Waals surface area contributed by atoms with Crippen molar-refractivity contribution in [3.63, 3.8) is 0 Å². The van der Waals surface area contributed by atoms with E-state index in [1.54, 1.807) is 12.1 Å². The van der Waals surface area contributed by atoms with E-state index in [0.717, 1.165) is 25.9 Å². The summed E-state index contributed by atoms with van der Waals surface area (Å²) in [5.74, 6) is -0.229. The van der Waals surface area contributed by atoms with Crippen LogP contribution in [0.2, 0.25) is 0 Å². The van der Waals surface area contributed by atoms with Crippen molar-refractivity contribution in [2.75, 3.05) is 13.1 Å². The van der Waals surface area contributed by atoms with Crippen molar-refractivity contribution >= 4 is 17.2 Å². The minimum atomic E-state index is -0.251. The van der Waals surface area contributed by atoms with Gasteiger partial charge in [-0.3, -0.25) is 4.90 Å². The first-order chi connectivity index (χ1) is 7.70. The molecule has 0 spiro atoms. The first-order valence-electron chi connectivity index (χ1n) is 5.48. The monoisotopic (exact) mass is 238 g/mol. The lowest BCUT2D eigenvalue weighted by molar-refractivity contribution is 0.299. The van der Waals surface area contributed by atoms with Crippen molar-refractivity contribution in [1.29, 1.82) is 0 Å². The Hall–Kier alpha value is -1.00. The smallest absolute Gasteiger partial charge is 0.128 e. The molecule has 1 heterocycles. The number of hydrogen-bond acceptors (Lipinski definition) is 2. The fourth-order valence-corrected chi connectivity index (χ4v) is 2.50. The standard InChI is InChI=1S/C12H15FN2S/c13-10-6-2-1-5-9(10)11(12(14)16)15-7-3-4-8-15/h1-2,5-6,11H,3-4,7-8H2,(H2,14,16). The van der Waals surface area contributed by atoms with Crippen molar-refractivity contribution in [2.24, 2.45) is 5.73 Å². The van der Waals surface area contributed by atoms with Crippen LogP contribution in [0.4, 0.5) is 4.39 Å². The molecule has 1 fully saturated rings. The Morgan fingerprint density at radius 1 is 1.31 bits per heavy atom. The van der Waals surface area contributed by atoms with E-state index in [2.05, 4.69) is 4.90 Å². The number of thiocarbonyl (C=S) groups is 1. The zero-order valence-corrected chi connectivity index (χ0v) is 9.84. The molecule has 1 atom stereocenters. The van der Waals surface area contributed by atoms with Gasteiger partial charge < -0.3 is 5.73 Å². The summed E-state index contributed by atoms with van der Waals surface area (Å²) in [6.07, 6.45) is 2.27. The third kappa shape index (κ3) is 2.23. The molecule has 1 saturated heterocycles. The zero-order valence-electron chi connectivity index (χ0n) is 9.03. The summed E-state index contributed by atoms with van der Waals surface area (Å²) in [4.78, 5) is 2.51. The van der Waals surface area contributed by atoms with Gasteiger partial charge >= 0.3 is 0 Å². The first-order valence-corrected chi connectivity index (χ1v) is 5.89. The molecule has 0 amide bonds. The molecular formula is C12H15FN2S.